The van der Waals surface area contributed by atoms with E-state index in [0.717, 1.165) is 15.9 Å². The zero-order valence-corrected chi connectivity index (χ0v) is 11.9. The third-order valence-electron chi connectivity index (χ3n) is 2.89. The lowest BCUT2D eigenvalue weighted by Gasteiger charge is -2.35. The largest absolute Gasteiger partial charge is 0.467 e. The maximum atomic E-state index is 11.7. The molecule has 0 bridgehead atoms. The molecule has 0 radical (unpaired) electrons. The molecule has 0 aromatic carbocycles. The first-order valence-corrected chi connectivity index (χ1v) is 6.47. The van der Waals surface area contributed by atoms with Crippen molar-refractivity contribution in [1.29, 1.82) is 0 Å². The van der Waals surface area contributed by atoms with Gasteiger partial charge >= 0.3 is 5.97 Å². The van der Waals surface area contributed by atoms with Crippen LogP contribution in [0.2, 0.25) is 0 Å². The lowest BCUT2D eigenvalue weighted by molar-refractivity contribution is -0.144. The van der Waals surface area contributed by atoms with Gasteiger partial charge in [0, 0.05) is 17.2 Å². The molecule has 18 heavy (non-hydrogen) atoms. The van der Waals surface area contributed by atoms with Crippen LogP contribution in [-0.4, -0.2) is 43.9 Å². The maximum Gasteiger partial charge on any atom is 0.330 e. The number of rotatable bonds is 2. The van der Waals surface area contributed by atoms with Crippen LogP contribution in [-0.2, 0) is 14.3 Å². The Hall–Kier alpha value is -1.14. The van der Waals surface area contributed by atoms with E-state index in [9.17, 15) is 4.79 Å². The molecule has 2 heterocycles. The van der Waals surface area contributed by atoms with Gasteiger partial charge in [-0.25, -0.2) is 9.78 Å². The van der Waals surface area contributed by atoms with Crippen LogP contribution in [0, 0.1) is 6.92 Å². The van der Waals surface area contributed by atoms with Gasteiger partial charge in [-0.1, -0.05) is 0 Å². The fourth-order valence-electron chi connectivity index (χ4n) is 2.02. The van der Waals surface area contributed by atoms with Crippen molar-refractivity contribution < 1.29 is 14.3 Å². The minimum Gasteiger partial charge on any atom is -0.467 e. The molecule has 1 aliphatic rings. The van der Waals surface area contributed by atoms with E-state index in [-0.39, 0.29) is 5.97 Å². The van der Waals surface area contributed by atoms with E-state index >= 15 is 0 Å². The van der Waals surface area contributed by atoms with Crippen LogP contribution in [0.5, 0.6) is 0 Å². The van der Waals surface area contributed by atoms with Crippen molar-refractivity contribution in [3.63, 3.8) is 0 Å². The molecular formula is C12H15BrN2O3. The van der Waals surface area contributed by atoms with Crippen molar-refractivity contribution in [3.8, 4) is 0 Å². The van der Waals surface area contributed by atoms with Crippen molar-refractivity contribution in [2.45, 2.75) is 13.0 Å². The van der Waals surface area contributed by atoms with Gasteiger partial charge in [0.1, 0.15) is 5.82 Å². The number of carbonyl (C=O) groups is 1. The number of pyridine rings is 1. The average molecular weight is 315 g/mol. The fraction of sp³-hybridized carbons (Fsp3) is 0.500. The highest BCUT2D eigenvalue weighted by Gasteiger charge is 2.31. The summed E-state index contributed by atoms with van der Waals surface area (Å²) >= 11 is 3.38. The number of hydrogen-bond donors (Lipinski definition) is 0. The van der Waals surface area contributed by atoms with Gasteiger partial charge < -0.3 is 14.4 Å². The number of carbonyl (C=O) groups excluding carboxylic acids is 1. The monoisotopic (exact) mass is 314 g/mol. The molecule has 5 nitrogen and oxygen atoms in total. The summed E-state index contributed by atoms with van der Waals surface area (Å²) in [6.07, 6.45) is 1.73. The number of anilines is 1. The number of hydrogen-bond acceptors (Lipinski definition) is 5. The summed E-state index contributed by atoms with van der Waals surface area (Å²) in [7, 11) is 1.39. The van der Waals surface area contributed by atoms with E-state index in [1.54, 1.807) is 6.20 Å². The van der Waals surface area contributed by atoms with Gasteiger partial charge in [-0.2, -0.15) is 0 Å². The first kappa shape index (κ1) is 13.3. The second-order valence-corrected chi connectivity index (χ2v) is 5.02. The van der Waals surface area contributed by atoms with Crippen molar-refractivity contribution >= 4 is 27.7 Å². The summed E-state index contributed by atoms with van der Waals surface area (Å²) in [6, 6.07) is 1.56. The average Bonchev–Trinajstić information content (AvgIpc) is 2.38. The van der Waals surface area contributed by atoms with Gasteiger partial charge in [0.2, 0.25) is 0 Å². The Morgan fingerprint density at radius 3 is 3.11 bits per heavy atom. The van der Waals surface area contributed by atoms with Gasteiger partial charge in [0.05, 0.1) is 20.3 Å². The molecule has 98 valence electrons. The summed E-state index contributed by atoms with van der Waals surface area (Å²) in [5.41, 5.74) is 1.01. The second kappa shape index (κ2) is 5.67. The fourth-order valence-corrected chi connectivity index (χ4v) is 2.47. The third-order valence-corrected chi connectivity index (χ3v) is 3.32. The molecule has 1 atom stereocenters. The number of methoxy groups -OCH3 is 1. The SMILES string of the molecule is COC(=O)C1COCCN1c1ncc(Br)cc1C. The number of aromatic nitrogens is 1. The molecule has 2 rings (SSSR count). The van der Waals surface area contributed by atoms with E-state index in [1.165, 1.54) is 7.11 Å². The van der Waals surface area contributed by atoms with Crippen LogP contribution in [0.4, 0.5) is 5.82 Å². The Balaban J connectivity index is 2.30. The van der Waals surface area contributed by atoms with E-state index < -0.39 is 6.04 Å². The maximum absolute atomic E-state index is 11.7. The van der Waals surface area contributed by atoms with Gasteiger partial charge in [-0.3, -0.25) is 0 Å². The molecule has 0 saturated carbocycles. The summed E-state index contributed by atoms with van der Waals surface area (Å²) in [4.78, 5) is 18.1. The zero-order chi connectivity index (χ0) is 13.1. The van der Waals surface area contributed by atoms with Crippen LogP contribution in [0.25, 0.3) is 0 Å². The summed E-state index contributed by atoms with van der Waals surface area (Å²) in [6.45, 7) is 3.53. The van der Waals surface area contributed by atoms with E-state index in [4.69, 9.17) is 9.47 Å². The predicted octanol–water partition coefficient (Wildman–Crippen LogP) is 1.53. The predicted molar refractivity (Wildman–Crippen MR) is 70.6 cm³/mol. The van der Waals surface area contributed by atoms with Crippen LogP contribution in [0.15, 0.2) is 16.7 Å². The number of ether oxygens (including phenoxy) is 2. The highest BCUT2D eigenvalue weighted by atomic mass is 79.9. The first-order chi connectivity index (χ1) is 8.63. The zero-order valence-electron chi connectivity index (χ0n) is 10.4. The summed E-state index contributed by atoms with van der Waals surface area (Å²) in [5, 5.41) is 0. The topological polar surface area (TPSA) is 51.7 Å². The first-order valence-electron chi connectivity index (χ1n) is 5.68. The minimum absolute atomic E-state index is 0.293. The Bertz CT molecular complexity index is 453. The van der Waals surface area contributed by atoms with Crippen molar-refractivity contribution in [3.05, 3.63) is 22.3 Å². The van der Waals surface area contributed by atoms with Gasteiger partial charge in [-0.05, 0) is 34.5 Å². The van der Waals surface area contributed by atoms with Crippen LogP contribution >= 0.6 is 15.9 Å². The molecule has 1 saturated heterocycles. The molecule has 0 aliphatic carbocycles. The third kappa shape index (κ3) is 2.64. The molecule has 1 aromatic rings. The molecule has 1 fully saturated rings. The smallest absolute Gasteiger partial charge is 0.330 e. The van der Waals surface area contributed by atoms with Crippen LogP contribution < -0.4 is 4.90 Å². The molecule has 0 spiro atoms. The minimum atomic E-state index is -0.420. The van der Waals surface area contributed by atoms with Gasteiger partial charge in [0.25, 0.3) is 0 Å². The molecule has 1 unspecified atom stereocenters. The summed E-state index contributed by atoms with van der Waals surface area (Å²) in [5.74, 6) is 0.510. The lowest BCUT2D eigenvalue weighted by atomic mass is 10.2. The Kier molecular flexibility index (Phi) is 4.19. The molecule has 0 amide bonds. The Morgan fingerprint density at radius 1 is 1.67 bits per heavy atom. The van der Waals surface area contributed by atoms with Crippen LogP contribution in [0.1, 0.15) is 5.56 Å². The quantitative estimate of drug-likeness (QED) is 0.775. The molecule has 6 heteroatoms. The highest BCUT2D eigenvalue weighted by Crippen LogP contribution is 2.24. The van der Waals surface area contributed by atoms with Crippen molar-refractivity contribution in [2.75, 3.05) is 31.8 Å². The van der Waals surface area contributed by atoms with Gasteiger partial charge in [-0.15, -0.1) is 0 Å². The van der Waals surface area contributed by atoms with Crippen LogP contribution in [0.3, 0.4) is 0 Å². The van der Waals surface area contributed by atoms with Crippen molar-refractivity contribution in [1.82, 2.24) is 4.98 Å². The number of morpholine rings is 1. The van der Waals surface area contributed by atoms with Gasteiger partial charge in [0.15, 0.2) is 6.04 Å². The normalized spacial score (nSPS) is 19.7. The number of aryl methyl sites for hydroxylation is 1. The lowest BCUT2D eigenvalue weighted by Crippen LogP contribution is -2.51. The second-order valence-electron chi connectivity index (χ2n) is 4.10. The molecule has 0 N–H and O–H groups in total. The number of nitrogens with zero attached hydrogens (tertiary/aromatic N) is 2. The van der Waals surface area contributed by atoms with Crippen molar-refractivity contribution in [2.24, 2.45) is 0 Å². The number of esters is 1. The molecule has 1 aliphatic heterocycles. The molecular weight excluding hydrogens is 300 g/mol. The Morgan fingerprint density at radius 2 is 2.44 bits per heavy atom. The Labute approximate surface area is 114 Å². The van der Waals surface area contributed by atoms with E-state index in [2.05, 4.69) is 20.9 Å². The number of halogens is 1. The highest BCUT2D eigenvalue weighted by molar-refractivity contribution is 9.10. The van der Waals surface area contributed by atoms with E-state index in [1.807, 2.05) is 17.9 Å². The van der Waals surface area contributed by atoms with E-state index in [0.29, 0.717) is 19.8 Å². The molecule has 1 aromatic heterocycles. The summed E-state index contributed by atoms with van der Waals surface area (Å²) < 4.78 is 11.1. The standard InChI is InChI=1S/C12H15BrN2O3/c1-8-5-9(13)6-14-11(8)15-3-4-18-7-10(15)12(16)17-2/h5-6,10H,3-4,7H2,1-2H3.